The molecule has 1 aromatic heterocycles. The van der Waals surface area contributed by atoms with E-state index < -0.39 is 0 Å². The SMILES string of the molecule is CCOC(=O)CCC(=O)N1CCN(CCn2ccnc2C(C)C)CC1. The summed E-state index contributed by atoms with van der Waals surface area (Å²) in [7, 11) is 0. The zero-order valence-corrected chi connectivity index (χ0v) is 15.6. The van der Waals surface area contributed by atoms with E-state index in [2.05, 4.69) is 28.3 Å². The fourth-order valence-electron chi connectivity index (χ4n) is 3.08. The summed E-state index contributed by atoms with van der Waals surface area (Å²) in [6.07, 6.45) is 4.30. The van der Waals surface area contributed by atoms with Gasteiger partial charge in [0.1, 0.15) is 5.82 Å². The van der Waals surface area contributed by atoms with E-state index in [1.807, 2.05) is 17.3 Å². The Bertz CT molecular complexity index is 562. The van der Waals surface area contributed by atoms with Crippen LogP contribution in [0.1, 0.15) is 45.4 Å². The Balaban J connectivity index is 1.69. The average molecular weight is 350 g/mol. The largest absolute Gasteiger partial charge is 0.466 e. The Labute approximate surface area is 149 Å². The number of esters is 1. The number of amides is 1. The molecule has 2 rings (SSSR count). The van der Waals surface area contributed by atoms with Crippen molar-refractivity contribution in [1.82, 2.24) is 19.4 Å². The maximum absolute atomic E-state index is 12.2. The molecule has 0 bridgehead atoms. The molecule has 1 aromatic rings. The second-order valence-corrected chi connectivity index (χ2v) is 6.66. The molecule has 0 spiro atoms. The molecule has 1 amide bonds. The number of piperazine rings is 1. The van der Waals surface area contributed by atoms with Crippen LogP contribution in [0.2, 0.25) is 0 Å². The number of rotatable bonds is 8. The van der Waals surface area contributed by atoms with Gasteiger partial charge in [-0.15, -0.1) is 0 Å². The Morgan fingerprint density at radius 2 is 1.88 bits per heavy atom. The van der Waals surface area contributed by atoms with Crippen LogP contribution in [0.4, 0.5) is 0 Å². The smallest absolute Gasteiger partial charge is 0.306 e. The maximum atomic E-state index is 12.2. The predicted octanol–water partition coefficient (Wildman–Crippen LogP) is 1.49. The van der Waals surface area contributed by atoms with Crippen molar-refractivity contribution in [2.45, 2.75) is 46.1 Å². The van der Waals surface area contributed by atoms with Crippen LogP contribution in [0.5, 0.6) is 0 Å². The minimum atomic E-state index is -0.296. The van der Waals surface area contributed by atoms with Crippen molar-refractivity contribution >= 4 is 11.9 Å². The first-order valence-corrected chi connectivity index (χ1v) is 9.18. The molecule has 0 saturated carbocycles. The molecule has 25 heavy (non-hydrogen) atoms. The second kappa shape index (κ2) is 9.56. The molecule has 0 radical (unpaired) electrons. The number of carbonyl (C=O) groups excluding carboxylic acids is 2. The van der Waals surface area contributed by atoms with Crippen molar-refractivity contribution in [3.63, 3.8) is 0 Å². The summed E-state index contributed by atoms with van der Waals surface area (Å²) in [6.45, 7) is 11.5. The molecule has 1 saturated heterocycles. The lowest BCUT2D eigenvalue weighted by Crippen LogP contribution is -2.49. The number of imidazole rings is 1. The third kappa shape index (κ3) is 5.85. The van der Waals surface area contributed by atoms with Crippen molar-refractivity contribution in [2.24, 2.45) is 0 Å². The average Bonchev–Trinajstić information content (AvgIpc) is 3.07. The van der Waals surface area contributed by atoms with Gasteiger partial charge < -0.3 is 14.2 Å². The van der Waals surface area contributed by atoms with Crippen LogP contribution >= 0.6 is 0 Å². The van der Waals surface area contributed by atoms with Crippen molar-refractivity contribution in [3.05, 3.63) is 18.2 Å². The van der Waals surface area contributed by atoms with Crippen LogP contribution in [-0.2, 0) is 20.9 Å². The molecule has 0 unspecified atom stereocenters. The molecular formula is C18H30N4O3. The highest BCUT2D eigenvalue weighted by Gasteiger charge is 2.21. The third-order valence-corrected chi connectivity index (χ3v) is 4.49. The monoisotopic (exact) mass is 350 g/mol. The molecule has 0 atom stereocenters. The van der Waals surface area contributed by atoms with Crippen LogP contribution in [-0.4, -0.2) is 70.6 Å². The number of hydrogen-bond donors (Lipinski definition) is 0. The Kier molecular flexibility index (Phi) is 7.43. The first-order chi connectivity index (χ1) is 12.0. The van der Waals surface area contributed by atoms with Crippen molar-refractivity contribution in [1.29, 1.82) is 0 Å². The van der Waals surface area contributed by atoms with Crippen LogP contribution in [0.3, 0.4) is 0 Å². The summed E-state index contributed by atoms with van der Waals surface area (Å²) in [5.74, 6) is 1.29. The fourth-order valence-corrected chi connectivity index (χ4v) is 3.08. The molecule has 2 heterocycles. The van der Waals surface area contributed by atoms with E-state index in [-0.39, 0.29) is 24.7 Å². The molecule has 0 aromatic carbocycles. The Morgan fingerprint density at radius 1 is 1.16 bits per heavy atom. The molecule has 0 aliphatic carbocycles. The second-order valence-electron chi connectivity index (χ2n) is 6.66. The fraction of sp³-hybridized carbons (Fsp3) is 0.722. The lowest BCUT2D eigenvalue weighted by atomic mass is 10.2. The van der Waals surface area contributed by atoms with Crippen LogP contribution in [0.15, 0.2) is 12.4 Å². The van der Waals surface area contributed by atoms with Gasteiger partial charge in [0.2, 0.25) is 5.91 Å². The summed E-state index contributed by atoms with van der Waals surface area (Å²) in [4.78, 5) is 32.2. The molecule has 7 nitrogen and oxygen atoms in total. The van der Waals surface area contributed by atoms with Gasteiger partial charge in [-0.25, -0.2) is 4.98 Å². The van der Waals surface area contributed by atoms with E-state index in [0.29, 0.717) is 12.5 Å². The number of aromatic nitrogens is 2. The zero-order valence-electron chi connectivity index (χ0n) is 15.6. The van der Waals surface area contributed by atoms with Crippen molar-refractivity contribution in [2.75, 3.05) is 39.3 Å². The van der Waals surface area contributed by atoms with Gasteiger partial charge in [0.25, 0.3) is 0 Å². The minimum Gasteiger partial charge on any atom is -0.466 e. The van der Waals surface area contributed by atoms with Crippen LogP contribution in [0, 0.1) is 0 Å². The lowest BCUT2D eigenvalue weighted by molar-refractivity contribution is -0.146. The first-order valence-electron chi connectivity index (χ1n) is 9.18. The number of ether oxygens (including phenoxy) is 1. The van der Waals surface area contributed by atoms with Crippen molar-refractivity contribution < 1.29 is 14.3 Å². The zero-order chi connectivity index (χ0) is 18.2. The molecular weight excluding hydrogens is 320 g/mol. The van der Waals surface area contributed by atoms with E-state index in [0.717, 1.165) is 45.1 Å². The normalized spacial score (nSPS) is 15.6. The highest BCUT2D eigenvalue weighted by atomic mass is 16.5. The maximum Gasteiger partial charge on any atom is 0.306 e. The summed E-state index contributed by atoms with van der Waals surface area (Å²) in [5, 5.41) is 0. The van der Waals surface area contributed by atoms with Crippen LogP contribution in [0.25, 0.3) is 0 Å². The molecule has 7 heteroatoms. The molecule has 0 N–H and O–H groups in total. The van der Waals surface area contributed by atoms with Gasteiger partial charge in [-0.05, 0) is 6.92 Å². The standard InChI is InChI=1S/C18H30N4O3/c1-4-25-17(24)6-5-16(23)21-12-9-20(10-13-21)11-14-22-8-7-19-18(22)15(2)3/h7-8,15H,4-6,9-14H2,1-3H3. The molecule has 1 aliphatic heterocycles. The molecule has 140 valence electrons. The quantitative estimate of drug-likeness (QED) is 0.665. The van der Waals surface area contributed by atoms with Gasteiger partial charge in [0, 0.05) is 64.0 Å². The van der Waals surface area contributed by atoms with Gasteiger partial charge in [-0.2, -0.15) is 0 Å². The van der Waals surface area contributed by atoms with E-state index in [1.165, 1.54) is 0 Å². The van der Waals surface area contributed by atoms with Gasteiger partial charge in [-0.3, -0.25) is 14.5 Å². The number of carbonyl (C=O) groups is 2. The Morgan fingerprint density at radius 3 is 2.52 bits per heavy atom. The summed E-state index contributed by atoms with van der Waals surface area (Å²) >= 11 is 0. The van der Waals surface area contributed by atoms with E-state index in [4.69, 9.17) is 4.74 Å². The third-order valence-electron chi connectivity index (χ3n) is 4.49. The highest BCUT2D eigenvalue weighted by Crippen LogP contribution is 2.12. The molecule has 1 aliphatic rings. The number of nitrogens with zero attached hydrogens (tertiary/aromatic N) is 4. The van der Waals surface area contributed by atoms with Gasteiger partial charge in [0.05, 0.1) is 13.0 Å². The highest BCUT2D eigenvalue weighted by molar-refractivity contribution is 5.81. The number of hydrogen-bond acceptors (Lipinski definition) is 5. The summed E-state index contributed by atoms with van der Waals surface area (Å²) in [5.41, 5.74) is 0. The van der Waals surface area contributed by atoms with E-state index >= 15 is 0 Å². The van der Waals surface area contributed by atoms with Gasteiger partial charge in [0.15, 0.2) is 0 Å². The Hall–Kier alpha value is -1.89. The van der Waals surface area contributed by atoms with E-state index in [9.17, 15) is 9.59 Å². The topological polar surface area (TPSA) is 67.7 Å². The first kappa shape index (κ1) is 19.4. The summed E-state index contributed by atoms with van der Waals surface area (Å²) in [6, 6.07) is 0. The van der Waals surface area contributed by atoms with E-state index in [1.54, 1.807) is 6.92 Å². The predicted molar refractivity (Wildman–Crippen MR) is 95.2 cm³/mol. The van der Waals surface area contributed by atoms with Crippen molar-refractivity contribution in [3.8, 4) is 0 Å². The lowest BCUT2D eigenvalue weighted by Gasteiger charge is -2.35. The molecule has 1 fully saturated rings. The van der Waals surface area contributed by atoms with Gasteiger partial charge >= 0.3 is 5.97 Å². The van der Waals surface area contributed by atoms with Gasteiger partial charge in [-0.1, -0.05) is 13.8 Å². The minimum absolute atomic E-state index is 0.0457. The van der Waals surface area contributed by atoms with Crippen LogP contribution < -0.4 is 0 Å². The summed E-state index contributed by atoms with van der Waals surface area (Å²) < 4.78 is 7.07.